The zero-order valence-electron chi connectivity index (χ0n) is 16.0. The van der Waals surface area contributed by atoms with E-state index in [4.69, 9.17) is 4.74 Å². The van der Waals surface area contributed by atoms with E-state index in [2.05, 4.69) is 25.5 Å². The molecule has 0 radical (unpaired) electrons. The fourth-order valence-electron chi connectivity index (χ4n) is 4.20. The maximum Gasteiger partial charge on any atom is 0.275 e. The Hall–Kier alpha value is -1.89. The SMILES string of the molecule is CCNc1cnc(C(=O)NCC2CCCN2C2CCCCC2)c(OC)n1. The molecule has 1 saturated heterocycles. The largest absolute Gasteiger partial charge is 0.479 e. The number of hydrogen-bond acceptors (Lipinski definition) is 6. The van der Waals surface area contributed by atoms with Crippen LogP contribution in [0.2, 0.25) is 0 Å². The molecule has 0 spiro atoms. The van der Waals surface area contributed by atoms with E-state index in [0.717, 1.165) is 19.5 Å². The van der Waals surface area contributed by atoms with Gasteiger partial charge in [-0.3, -0.25) is 9.69 Å². The molecule has 7 nitrogen and oxygen atoms in total. The van der Waals surface area contributed by atoms with Gasteiger partial charge in [-0.25, -0.2) is 4.98 Å². The van der Waals surface area contributed by atoms with E-state index >= 15 is 0 Å². The van der Waals surface area contributed by atoms with Crippen molar-refractivity contribution in [1.82, 2.24) is 20.2 Å². The number of carbonyl (C=O) groups excluding carboxylic acids is 1. The average molecular weight is 361 g/mol. The van der Waals surface area contributed by atoms with Crippen molar-refractivity contribution in [3.05, 3.63) is 11.9 Å². The van der Waals surface area contributed by atoms with Crippen LogP contribution in [0.15, 0.2) is 6.20 Å². The van der Waals surface area contributed by atoms with Crippen molar-refractivity contribution in [2.24, 2.45) is 0 Å². The minimum atomic E-state index is -0.215. The van der Waals surface area contributed by atoms with Crippen LogP contribution in [0.3, 0.4) is 0 Å². The van der Waals surface area contributed by atoms with Crippen LogP contribution in [0.4, 0.5) is 5.82 Å². The van der Waals surface area contributed by atoms with E-state index < -0.39 is 0 Å². The predicted octanol–water partition coefficient (Wildman–Crippen LogP) is 2.44. The number of methoxy groups -OCH3 is 1. The van der Waals surface area contributed by atoms with E-state index in [-0.39, 0.29) is 17.5 Å². The molecule has 1 atom stereocenters. The van der Waals surface area contributed by atoms with Gasteiger partial charge in [0.1, 0.15) is 5.82 Å². The molecule has 0 bridgehead atoms. The van der Waals surface area contributed by atoms with Crippen molar-refractivity contribution in [1.29, 1.82) is 0 Å². The summed E-state index contributed by atoms with van der Waals surface area (Å²) in [6, 6.07) is 1.13. The quantitative estimate of drug-likeness (QED) is 0.777. The summed E-state index contributed by atoms with van der Waals surface area (Å²) < 4.78 is 5.26. The molecular weight excluding hydrogens is 330 g/mol. The van der Waals surface area contributed by atoms with Crippen LogP contribution in [-0.4, -0.2) is 59.6 Å². The third-order valence-electron chi connectivity index (χ3n) is 5.47. The molecule has 1 aliphatic heterocycles. The minimum absolute atomic E-state index is 0.215. The highest BCUT2D eigenvalue weighted by Crippen LogP contribution is 2.29. The number of anilines is 1. The van der Waals surface area contributed by atoms with Crippen LogP contribution < -0.4 is 15.4 Å². The van der Waals surface area contributed by atoms with Gasteiger partial charge in [0.2, 0.25) is 5.88 Å². The molecule has 1 saturated carbocycles. The summed E-state index contributed by atoms with van der Waals surface area (Å²) in [5.74, 6) is 0.657. The lowest BCUT2D eigenvalue weighted by atomic mass is 9.94. The molecule has 7 heteroatoms. The van der Waals surface area contributed by atoms with E-state index in [1.54, 1.807) is 6.20 Å². The van der Waals surface area contributed by atoms with Crippen molar-refractivity contribution >= 4 is 11.7 Å². The third-order valence-corrected chi connectivity index (χ3v) is 5.47. The number of aromatic nitrogens is 2. The predicted molar refractivity (Wildman–Crippen MR) is 102 cm³/mol. The summed E-state index contributed by atoms with van der Waals surface area (Å²) in [5.41, 5.74) is 0.247. The second-order valence-corrected chi connectivity index (χ2v) is 7.18. The van der Waals surface area contributed by atoms with Gasteiger partial charge in [-0.2, -0.15) is 4.98 Å². The fraction of sp³-hybridized carbons (Fsp3) is 0.737. The average Bonchev–Trinajstić information content (AvgIpc) is 3.15. The summed E-state index contributed by atoms with van der Waals surface area (Å²) in [4.78, 5) is 23.8. The normalized spacial score (nSPS) is 21.5. The maximum atomic E-state index is 12.6. The number of nitrogens with zero attached hydrogens (tertiary/aromatic N) is 3. The lowest BCUT2D eigenvalue weighted by Crippen LogP contribution is -2.46. The van der Waals surface area contributed by atoms with Crippen molar-refractivity contribution in [2.75, 3.05) is 32.1 Å². The summed E-state index contributed by atoms with van der Waals surface area (Å²) in [7, 11) is 1.51. The van der Waals surface area contributed by atoms with Gasteiger partial charge in [-0.1, -0.05) is 19.3 Å². The van der Waals surface area contributed by atoms with Crippen molar-refractivity contribution in [3.63, 3.8) is 0 Å². The number of hydrogen-bond donors (Lipinski definition) is 2. The monoisotopic (exact) mass is 361 g/mol. The van der Waals surface area contributed by atoms with E-state index in [1.165, 1.54) is 45.6 Å². The Morgan fingerprint density at radius 1 is 1.27 bits per heavy atom. The number of carbonyl (C=O) groups is 1. The smallest absolute Gasteiger partial charge is 0.275 e. The Bertz CT molecular complexity index is 604. The maximum absolute atomic E-state index is 12.6. The van der Waals surface area contributed by atoms with Crippen molar-refractivity contribution in [2.45, 2.75) is 64.0 Å². The van der Waals surface area contributed by atoms with E-state index in [0.29, 0.717) is 24.4 Å². The van der Waals surface area contributed by atoms with Crippen LogP contribution in [0.5, 0.6) is 5.88 Å². The topological polar surface area (TPSA) is 79.4 Å². The van der Waals surface area contributed by atoms with Gasteiger partial charge in [-0.05, 0) is 39.2 Å². The van der Waals surface area contributed by atoms with Gasteiger partial charge < -0.3 is 15.4 Å². The molecule has 1 amide bonds. The highest BCUT2D eigenvalue weighted by molar-refractivity contribution is 5.94. The van der Waals surface area contributed by atoms with Gasteiger partial charge in [0.15, 0.2) is 5.69 Å². The highest BCUT2D eigenvalue weighted by Gasteiger charge is 2.31. The first-order valence-corrected chi connectivity index (χ1v) is 9.91. The lowest BCUT2D eigenvalue weighted by molar-refractivity contribution is 0.0911. The molecule has 1 aliphatic carbocycles. The molecule has 1 aromatic rings. The first kappa shape index (κ1) is 18.9. The summed E-state index contributed by atoms with van der Waals surface area (Å²) in [6.45, 7) is 4.54. The molecule has 2 aliphatic rings. The standard InChI is InChI=1S/C19H31N5O2/c1-3-20-16-13-21-17(19(23-16)26-2)18(25)22-12-15-10-7-11-24(15)14-8-5-4-6-9-14/h13-15H,3-12H2,1-2H3,(H,20,23)(H,22,25). The molecule has 1 unspecified atom stereocenters. The molecule has 2 fully saturated rings. The molecule has 0 aromatic carbocycles. The van der Waals surface area contributed by atoms with Crippen LogP contribution >= 0.6 is 0 Å². The molecule has 1 aromatic heterocycles. The Morgan fingerprint density at radius 3 is 2.81 bits per heavy atom. The van der Waals surface area contributed by atoms with Crippen LogP contribution in [0, 0.1) is 0 Å². The summed E-state index contributed by atoms with van der Waals surface area (Å²) in [5, 5.41) is 6.13. The van der Waals surface area contributed by atoms with Gasteiger partial charge in [0, 0.05) is 25.2 Å². The van der Waals surface area contributed by atoms with Gasteiger partial charge in [0.25, 0.3) is 5.91 Å². The number of rotatable bonds is 7. The van der Waals surface area contributed by atoms with E-state index in [1.807, 2.05) is 6.92 Å². The molecular formula is C19H31N5O2. The number of nitrogens with one attached hydrogen (secondary N) is 2. The Balaban J connectivity index is 1.59. The Morgan fingerprint density at radius 2 is 2.08 bits per heavy atom. The second-order valence-electron chi connectivity index (χ2n) is 7.18. The van der Waals surface area contributed by atoms with Crippen LogP contribution in [-0.2, 0) is 0 Å². The molecule has 26 heavy (non-hydrogen) atoms. The third kappa shape index (κ3) is 4.44. The number of likely N-dealkylation sites (tertiary alicyclic amines) is 1. The summed E-state index contributed by atoms with van der Waals surface area (Å²) in [6.07, 6.45) is 10.6. The molecule has 144 valence electrons. The summed E-state index contributed by atoms with van der Waals surface area (Å²) >= 11 is 0. The second kappa shape index (κ2) is 9.16. The number of amides is 1. The zero-order valence-corrected chi connectivity index (χ0v) is 16.0. The van der Waals surface area contributed by atoms with Crippen molar-refractivity contribution in [3.8, 4) is 5.88 Å². The Kier molecular flexibility index (Phi) is 6.66. The first-order valence-electron chi connectivity index (χ1n) is 9.91. The number of ether oxygens (including phenoxy) is 1. The fourth-order valence-corrected chi connectivity index (χ4v) is 4.20. The molecule has 2 heterocycles. The lowest BCUT2D eigenvalue weighted by Gasteiger charge is -2.35. The van der Waals surface area contributed by atoms with Crippen LogP contribution in [0.1, 0.15) is 62.4 Å². The Labute approximate surface area is 155 Å². The van der Waals surface area contributed by atoms with Gasteiger partial charge in [0.05, 0.1) is 13.3 Å². The van der Waals surface area contributed by atoms with E-state index in [9.17, 15) is 4.79 Å². The molecule has 3 rings (SSSR count). The van der Waals surface area contributed by atoms with Gasteiger partial charge >= 0.3 is 0 Å². The molecule has 2 N–H and O–H groups in total. The van der Waals surface area contributed by atoms with Crippen molar-refractivity contribution < 1.29 is 9.53 Å². The van der Waals surface area contributed by atoms with Crippen LogP contribution in [0.25, 0.3) is 0 Å². The first-order chi connectivity index (χ1) is 12.7. The minimum Gasteiger partial charge on any atom is -0.479 e. The zero-order chi connectivity index (χ0) is 18.4. The van der Waals surface area contributed by atoms with Gasteiger partial charge in [-0.15, -0.1) is 0 Å². The highest BCUT2D eigenvalue weighted by atomic mass is 16.5.